The molecule has 1 unspecified atom stereocenters. The Morgan fingerprint density at radius 2 is 1.71 bits per heavy atom. The Bertz CT molecular complexity index is 1300. The first-order chi connectivity index (χ1) is 16.1. The fourth-order valence-corrected chi connectivity index (χ4v) is 5.87. The first-order valence-corrected chi connectivity index (χ1v) is 12.2. The van der Waals surface area contributed by atoms with Gasteiger partial charge in [0.25, 0.3) is 0 Å². The number of halogens is 2. The van der Waals surface area contributed by atoms with E-state index in [1.54, 1.807) is 20.8 Å². The van der Waals surface area contributed by atoms with Gasteiger partial charge in [-0.15, -0.1) is 4.99 Å². The Morgan fingerprint density at radius 3 is 2.23 bits per heavy atom. The monoisotopic (exact) mass is 507 g/mol. The third-order valence-electron chi connectivity index (χ3n) is 5.57. The van der Waals surface area contributed by atoms with E-state index in [9.17, 15) is 22.4 Å². The van der Waals surface area contributed by atoms with Gasteiger partial charge in [-0.05, 0) is 46.2 Å². The lowest BCUT2D eigenvalue weighted by atomic mass is 9.84. The van der Waals surface area contributed by atoms with E-state index in [0.717, 1.165) is 16.4 Å². The van der Waals surface area contributed by atoms with Crippen molar-refractivity contribution in [3.8, 4) is 0 Å². The summed E-state index contributed by atoms with van der Waals surface area (Å²) in [7, 11) is -3.13. The standard InChI is InChI=1S/C24H27F2N3O5S/c1-14(30)15-7-9-16(10-8-15)20-24(5,18-12-11-17(25)13-19(18)26)28-21(29(6)35(20,32)33)27-22(31)34-23(2,3)4/h7-13,20H,1-6H3,(H,27,28,31)/t20?,24-/m1/s1. The van der Waals surface area contributed by atoms with Gasteiger partial charge in [0.2, 0.25) is 16.0 Å². The number of rotatable bonds is 3. The van der Waals surface area contributed by atoms with E-state index in [1.807, 2.05) is 0 Å². The van der Waals surface area contributed by atoms with Crippen LogP contribution in [0.4, 0.5) is 13.6 Å². The molecule has 1 aliphatic rings. The van der Waals surface area contributed by atoms with Crippen molar-refractivity contribution < 1.29 is 31.5 Å². The van der Waals surface area contributed by atoms with Gasteiger partial charge in [0, 0.05) is 24.2 Å². The van der Waals surface area contributed by atoms with Gasteiger partial charge in [-0.2, -0.15) is 0 Å². The molecule has 0 aromatic heterocycles. The lowest BCUT2D eigenvalue weighted by molar-refractivity contribution is 0.0601. The zero-order valence-electron chi connectivity index (χ0n) is 20.2. The summed E-state index contributed by atoms with van der Waals surface area (Å²) >= 11 is 0. The summed E-state index contributed by atoms with van der Waals surface area (Å²) in [4.78, 5) is 27.8. The SMILES string of the molecule is CC(=O)c1ccc(C2[C@@](C)(c3ccc(F)cc3F)N/C(=N\C(=O)OC(C)(C)C)N(C)S2(=O)=O)cc1. The number of hydrogen-bond donors (Lipinski definition) is 1. The van der Waals surface area contributed by atoms with Crippen molar-refractivity contribution in [2.75, 3.05) is 7.05 Å². The van der Waals surface area contributed by atoms with Crippen LogP contribution in [0, 0.1) is 11.6 Å². The fourth-order valence-electron chi connectivity index (χ4n) is 3.94. The smallest absolute Gasteiger partial charge is 0.437 e. The van der Waals surface area contributed by atoms with Crippen LogP contribution in [-0.2, 0) is 20.3 Å². The Kier molecular flexibility index (Phi) is 6.78. The number of benzene rings is 2. The van der Waals surface area contributed by atoms with Gasteiger partial charge in [-0.25, -0.2) is 26.3 Å². The number of carbonyl (C=O) groups is 2. The van der Waals surface area contributed by atoms with Crippen LogP contribution >= 0.6 is 0 Å². The van der Waals surface area contributed by atoms with Crippen LogP contribution in [0.25, 0.3) is 0 Å². The Labute approximate surface area is 203 Å². The second-order valence-electron chi connectivity index (χ2n) is 9.44. The number of ketones is 1. The number of hydrogen-bond acceptors (Lipinski definition) is 5. The minimum Gasteiger partial charge on any atom is -0.442 e. The predicted molar refractivity (Wildman–Crippen MR) is 126 cm³/mol. The Morgan fingerprint density at radius 1 is 1.11 bits per heavy atom. The number of sulfonamides is 1. The molecule has 1 saturated heterocycles. The van der Waals surface area contributed by atoms with Crippen LogP contribution in [0.3, 0.4) is 0 Å². The maximum Gasteiger partial charge on any atom is 0.437 e. The predicted octanol–water partition coefficient (Wildman–Crippen LogP) is 4.28. The molecule has 1 fully saturated rings. The van der Waals surface area contributed by atoms with E-state index < -0.39 is 44.1 Å². The zero-order valence-corrected chi connectivity index (χ0v) is 21.0. The van der Waals surface area contributed by atoms with Crippen LogP contribution in [0.1, 0.15) is 61.4 Å². The Balaban J connectivity index is 2.23. The number of carbonyl (C=O) groups excluding carboxylic acids is 2. The van der Waals surface area contributed by atoms with E-state index >= 15 is 4.39 Å². The van der Waals surface area contributed by atoms with E-state index in [0.29, 0.717) is 11.6 Å². The molecular formula is C24H27F2N3O5S. The second kappa shape index (κ2) is 9.03. The van der Waals surface area contributed by atoms with E-state index in [-0.39, 0.29) is 22.9 Å². The molecule has 1 amide bonds. The molecule has 2 aromatic rings. The molecule has 1 heterocycles. The first kappa shape index (κ1) is 26.3. The summed E-state index contributed by atoms with van der Waals surface area (Å²) in [5.74, 6) is -2.42. The third kappa shape index (κ3) is 5.19. The van der Waals surface area contributed by atoms with Crippen LogP contribution in [-0.4, -0.2) is 43.2 Å². The van der Waals surface area contributed by atoms with E-state index in [2.05, 4.69) is 10.3 Å². The van der Waals surface area contributed by atoms with Crippen molar-refractivity contribution in [2.24, 2.45) is 4.99 Å². The molecule has 0 spiro atoms. The quantitative estimate of drug-likeness (QED) is 0.622. The van der Waals surface area contributed by atoms with Crippen LogP contribution in [0.15, 0.2) is 47.5 Å². The average Bonchev–Trinajstić information content (AvgIpc) is 2.70. The summed E-state index contributed by atoms with van der Waals surface area (Å²) < 4.78 is 62.2. The van der Waals surface area contributed by atoms with Crippen molar-refractivity contribution in [1.82, 2.24) is 9.62 Å². The van der Waals surface area contributed by atoms with E-state index in [1.165, 1.54) is 45.2 Å². The van der Waals surface area contributed by atoms with Gasteiger partial charge < -0.3 is 10.1 Å². The van der Waals surface area contributed by atoms with Gasteiger partial charge >= 0.3 is 6.09 Å². The first-order valence-electron chi connectivity index (χ1n) is 10.7. The average molecular weight is 508 g/mol. The number of aliphatic imine (C=N–C) groups is 1. The highest BCUT2D eigenvalue weighted by molar-refractivity contribution is 7.90. The zero-order chi connectivity index (χ0) is 26.3. The lowest BCUT2D eigenvalue weighted by Crippen LogP contribution is -2.63. The molecule has 0 saturated carbocycles. The molecule has 3 rings (SSSR count). The number of ether oxygens (including phenoxy) is 1. The highest BCUT2D eigenvalue weighted by Gasteiger charge is 2.54. The second-order valence-corrected chi connectivity index (χ2v) is 11.5. The highest BCUT2D eigenvalue weighted by Crippen LogP contribution is 2.45. The molecule has 11 heteroatoms. The van der Waals surface area contributed by atoms with Crippen molar-refractivity contribution in [3.05, 3.63) is 70.8 Å². The molecule has 0 bridgehead atoms. The molecule has 2 aromatic carbocycles. The molecule has 1 N–H and O–H groups in total. The maximum atomic E-state index is 15.0. The highest BCUT2D eigenvalue weighted by atomic mass is 32.2. The van der Waals surface area contributed by atoms with Crippen LogP contribution in [0.5, 0.6) is 0 Å². The normalized spacial score (nSPS) is 23.0. The summed E-state index contributed by atoms with van der Waals surface area (Å²) in [6, 6.07) is 8.66. The number of Topliss-reactive ketones (excluding diaryl/α,β-unsaturated/α-hetero) is 1. The fraction of sp³-hybridized carbons (Fsp3) is 0.375. The minimum atomic E-state index is -4.32. The van der Waals surface area contributed by atoms with E-state index in [4.69, 9.17) is 4.74 Å². The number of amides is 1. The molecule has 188 valence electrons. The van der Waals surface area contributed by atoms with Gasteiger partial charge in [-0.3, -0.25) is 4.79 Å². The number of guanidine groups is 1. The summed E-state index contributed by atoms with van der Waals surface area (Å²) in [5, 5.41) is 1.45. The molecular weight excluding hydrogens is 480 g/mol. The number of nitrogens with zero attached hydrogens (tertiary/aromatic N) is 2. The van der Waals surface area contributed by atoms with Crippen LogP contribution in [0.2, 0.25) is 0 Å². The van der Waals surface area contributed by atoms with Crippen molar-refractivity contribution in [1.29, 1.82) is 0 Å². The third-order valence-corrected chi connectivity index (χ3v) is 7.85. The maximum absolute atomic E-state index is 15.0. The molecule has 2 atom stereocenters. The number of nitrogens with one attached hydrogen (secondary N) is 1. The van der Waals surface area contributed by atoms with Gasteiger partial charge in [0.05, 0.1) is 5.54 Å². The van der Waals surface area contributed by atoms with Crippen molar-refractivity contribution >= 4 is 27.9 Å². The molecule has 0 radical (unpaired) electrons. The van der Waals surface area contributed by atoms with Gasteiger partial charge in [0.15, 0.2) is 5.78 Å². The van der Waals surface area contributed by atoms with Crippen molar-refractivity contribution in [3.63, 3.8) is 0 Å². The molecule has 8 nitrogen and oxygen atoms in total. The molecule has 35 heavy (non-hydrogen) atoms. The molecule has 1 aliphatic heterocycles. The topological polar surface area (TPSA) is 105 Å². The minimum absolute atomic E-state index is 0.159. The summed E-state index contributed by atoms with van der Waals surface area (Å²) in [6.07, 6.45) is -1.05. The molecule has 0 aliphatic carbocycles. The van der Waals surface area contributed by atoms with Gasteiger partial charge in [0.1, 0.15) is 22.5 Å². The lowest BCUT2D eigenvalue weighted by Gasteiger charge is -2.46. The largest absolute Gasteiger partial charge is 0.442 e. The summed E-state index contributed by atoms with van der Waals surface area (Å²) in [6.45, 7) is 7.66. The van der Waals surface area contributed by atoms with Crippen molar-refractivity contribution in [2.45, 2.75) is 51.0 Å². The summed E-state index contributed by atoms with van der Waals surface area (Å²) in [5.41, 5.74) is -2.17. The van der Waals surface area contributed by atoms with Gasteiger partial charge in [-0.1, -0.05) is 30.3 Å². The van der Waals surface area contributed by atoms with Crippen LogP contribution < -0.4 is 5.32 Å². The Hall–Kier alpha value is -3.34.